The molecular weight excluding hydrogens is 393 g/mol. The third-order valence-corrected chi connectivity index (χ3v) is 6.18. The van der Waals surface area contributed by atoms with Crippen molar-refractivity contribution in [3.05, 3.63) is 59.9 Å². The number of hydrogen-bond acceptors (Lipinski definition) is 4. The van der Waals surface area contributed by atoms with E-state index in [2.05, 4.69) is 10.2 Å². The molecule has 156 valence electrons. The molecule has 2 aromatic rings. The summed E-state index contributed by atoms with van der Waals surface area (Å²) < 4.78 is 39.1. The highest BCUT2D eigenvalue weighted by atomic mass is 32.2. The van der Waals surface area contributed by atoms with Gasteiger partial charge in [-0.25, -0.2) is 12.8 Å². The number of benzene rings is 2. The fourth-order valence-corrected chi connectivity index (χ4v) is 4.34. The molecule has 0 spiro atoms. The summed E-state index contributed by atoms with van der Waals surface area (Å²) in [5.74, 6) is -1.20. The first kappa shape index (κ1) is 21.1. The molecule has 2 aromatic carbocycles. The minimum absolute atomic E-state index is 0.146. The van der Waals surface area contributed by atoms with Gasteiger partial charge in [0.1, 0.15) is 12.4 Å². The molecule has 0 aromatic heterocycles. The van der Waals surface area contributed by atoms with Crippen LogP contribution in [0.4, 0.5) is 15.8 Å². The van der Waals surface area contributed by atoms with Crippen molar-refractivity contribution in [3.8, 4) is 0 Å². The summed E-state index contributed by atoms with van der Waals surface area (Å²) in [6, 6.07) is 13.2. The summed E-state index contributed by atoms with van der Waals surface area (Å²) in [7, 11) is -3.82. The largest absolute Gasteiger partial charge is 0.372 e. The Labute approximate surface area is 171 Å². The van der Waals surface area contributed by atoms with Crippen LogP contribution in [0.3, 0.4) is 0 Å². The predicted molar refractivity (Wildman–Crippen MR) is 113 cm³/mol. The lowest BCUT2D eigenvalue weighted by atomic mass is 10.1. The first-order valence-corrected chi connectivity index (χ1v) is 11.5. The highest BCUT2D eigenvalue weighted by Gasteiger charge is 2.24. The molecule has 0 saturated carbocycles. The first-order valence-electron chi connectivity index (χ1n) is 9.62. The Hall–Kier alpha value is -2.61. The van der Waals surface area contributed by atoms with Gasteiger partial charge in [0.2, 0.25) is 15.9 Å². The lowest BCUT2D eigenvalue weighted by molar-refractivity contribution is -0.120. The molecule has 0 bridgehead atoms. The van der Waals surface area contributed by atoms with Crippen molar-refractivity contribution < 1.29 is 17.6 Å². The minimum Gasteiger partial charge on any atom is -0.372 e. The van der Waals surface area contributed by atoms with E-state index in [1.807, 2.05) is 31.2 Å². The van der Waals surface area contributed by atoms with Crippen LogP contribution in [0.15, 0.2) is 48.5 Å². The van der Waals surface area contributed by atoms with E-state index >= 15 is 0 Å². The molecular formula is C21H26FN3O3S. The third kappa shape index (κ3) is 5.26. The standard InChI is InChI=1S/C21H26FN3O3S/c1-16(17-9-11-18(12-10-17)24-13-5-6-14-24)23-21(26)15-25(29(2,27)28)20-8-4-3-7-19(20)22/h3-4,7-12,16H,5-6,13-15H2,1-2H3,(H,23,26). The number of nitrogens with zero attached hydrogens (tertiary/aromatic N) is 2. The van der Waals surface area contributed by atoms with E-state index in [0.29, 0.717) is 0 Å². The molecule has 1 unspecified atom stereocenters. The van der Waals surface area contributed by atoms with Crippen LogP contribution in [0.5, 0.6) is 0 Å². The summed E-state index contributed by atoms with van der Waals surface area (Å²) in [5, 5.41) is 2.80. The summed E-state index contributed by atoms with van der Waals surface area (Å²) >= 11 is 0. The Morgan fingerprint density at radius 1 is 1.14 bits per heavy atom. The van der Waals surface area contributed by atoms with Gasteiger partial charge in [-0.1, -0.05) is 24.3 Å². The molecule has 0 radical (unpaired) electrons. The highest BCUT2D eigenvalue weighted by molar-refractivity contribution is 7.92. The van der Waals surface area contributed by atoms with Crippen LogP contribution >= 0.6 is 0 Å². The third-order valence-electron chi connectivity index (χ3n) is 5.05. The van der Waals surface area contributed by atoms with Gasteiger partial charge in [0, 0.05) is 18.8 Å². The van der Waals surface area contributed by atoms with Crippen molar-refractivity contribution >= 4 is 27.3 Å². The van der Waals surface area contributed by atoms with Crippen molar-refractivity contribution in [1.29, 1.82) is 0 Å². The maximum absolute atomic E-state index is 14.1. The van der Waals surface area contributed by atoms with Gasteiger partial charge in [-0.05, 0) is 49.6 Å². The number of anilines is 2. The topological polar surface area (TPSA) is 69.7 Å². The van der Waals surface area contributed by atoms with Crippen LogP contribution < -0.4 is 14.5 Å². The quantitative estimate of drug-likeness (QED) is 0.749. The molecule has 1 amide bonds. The number of rotatable bonds is 7. The van der Waals surface area contributed by atoms with Gasteiger partial charge >= 0.3 is 0 Å². The Kier molecular flexibility index (Phi) is 6.42. The fraction of sp³-hybridized carbons (Fsp3) is 0.381. The number of halogens is 1. The van der Waals surface area contributed by atoms with E-state index in [9.17, 15) is 17.6 Å². The fourth-order valence-electron chi connectivity index (χ4n) is 3.49. The van der Waals surface area contributed by atoms with E-state index in [-0.39, 0.29) is 11.7 Å². The number of carbonyl (C=O) groups is 1. The van der Waals surface area contributed by atoms with Crippen LogP contribution in [0.25, 0.3) is 0 Å². The molecule has 1 aliphatic rings. The normalized spacial score (nSPS) is 15.2. The molecule has 1 saturated heterocycles. The Bertz CT molecular complexity index is 957. The van der Waals surface area contributed by atoms with Gasteiger partial charge in [-0.2, -0.15) is 0 Å². The van der Waals surface area contributed by atoms with Gasteiger partial charge in [-0.15, -0.1) is 0 Å². The lowest BCUT2D eigenvalue weighted by Gasteiger charge is -2.24. The Morgan fingerprint density at radius 2 is 1.76 bits per heavy atom. The van der Waals surface area contributed by atoms with Crippen LogP contribution in [0.2, 0.25) is 0 Å². The number of nitrogens with one attached hydrogen (secondary N) is 1. The number of sulfonamides is 1. The molecule has 1 fully saturated rings. The maximum Gasteiger partial charge on any atom is 0.241 e. The number of carbonyl (C=O) groups excluding carboxylic acids is 1. The zero-order valence-corrected chi connectivity index (χ0v) is 17.5. The highest BCUT2D eigenvalue weighted by Crippen LogP contribution is 2.23. The zero-order valence-electron chi connectivity index (χ0n) is 16.6. The monoisotopic (exact) mass is 419 g/mol. The van der Waals surface area contributed by atoms with E-state index < -0.39 is 28.3 Å². The number of amides is 1. The van der Waals surface area contributed by atoms with Crippen molar-refractivity contribution in [3.63, 3.8) is 0 Å². The van der Waals surface area contributed by atoms with E-state index in [0.717, 1.165) is 41.0 Å². The van der Waals surface area contributed by atoms with Crippen LogP contribution in [0.1, 0.15) is 31.4 Å². The van der Waals surface area contributed by atoms with E-state index in [4.69, 9.17) is 0 Å². The van der Waals surface area contributed by atoms with Crippen LogP contribution in [-0.4, -0.2) is 40.2 Å². The lowest BCUT2D eigenvalue weighted by Crippen LogP contribution is -2.41. The zero-order chi connectivity index (χ0) is 21.0. The van der Waals surface area contributed by atoms with Gasteiger partial charge in [-0.3, -0.25) is 9.10 Å². The summed E-state index contributed by atoms with van der Waals surface area (Å²) in [6.45, 7) is 3.46. The van der Waals surface area contributed by atoms with Crippen LogP contribution in [-0.2, 0) is 14.8 Å². The smallest absolute Gasteiger partial charge is 0.241 e. The SMILES string of the molecule is CC(NC(=O)CN(c1ccccc1F)S(C)(=O)=O)c1ccc(N2CCCC2)cc1. The molecule has 1 N–H and O–H groups in total. The average Bonchev–Trinajstić information content (AvgIpc) is 3.21. The first-order chi connectivity index (χ1) is 13.8. The summed E-state index contributed by atoms with van der Waals surface area (Å²) in [5.41, 5.74) is 1.93. The van der Waals surface area contributed by atoms with Gasteiger partial charge in [0.15, 0.2) is 0 Å². The summed E-state index contributed by atoms with van der Waals surface area (Å²) in [6.07, 6.45) is 3.35. The molecule has 1 atom stereocenters. The van der Waals surface area contributed by atoms with Crippen molar-refractivity contribution in [2.24, 2.45) is 0 Å². The van der Waals surface area contributed by atoms with E-state index in [1.54, 1.807) is 0 Å². The Morgan fingerprint density at radius 3 is 2.34 bits per heavy atom. The molecule has 0 aliphatic carbocycles. The van der Waals surface area contributed by atoms with Crippen molar-refractivity contribution in [1.82, 2.24) is 5.32 Å². The predicted octanol–water partition coefficient (Wildman–Crippen LogP) is 3.07. The van der Waals surface area contributed by atoms with E-state index in [1.165, 1.54) is 31.0 Å². The number of hydrogen-bond donors (Lipinski definition) is 1. The van der Waals surface area contributed by atoms with Crippen LogP contribution in [0, 0.1) is 5.82 Å². The maximum atomic E-state index is 14.1. The average molecular weight is 420 g/mol. The summed E-state index contributed by atoms with van der Waals surface area (Å²) in [4.78, 5) is 14.8. The second-order valence-electron chi connectivity index (χ2n) is 7.30. The molecule has 3 rings (SSSR count). The molecule has 29 heavy (non-hydrogen) atoms. The second-order valence-corrected chi connectivity index (χ2v) is 9.20. The van der Waals surface area contributed by atoms with Gasteiger partial charge < -0.3 is 10.2 Å². The molecule has 8 heteroatoms. The second kappa shape index (κ2) is 8.82. The minimum atomic E-state index is -3.82. The van der Waals surface area contributed by atoms with Gasteiger partial charge in [0.25, 0.3) is 0 Å². The Balaban J connectivity index is 1.67. The van der Waals surface area contributed by atoms with Crippen molar-refractivity contribution in [2.45, 2.75) is 25.8 Å². The van der Waals surface area contributed by atoms with Gasteiger partial charge in [0.05, 0.1) is 18.0 Å². The van der Waals surface area contributed by atoms with Crippen molar-refractivity contribution in [2.75, 3.05) is 35.1 Å². The number of para-hydroxylation sites is 1. The molecule has 1 aliphatic heterocycles. The molecule has 6 nitrogen and oxygen atoms in total. The molecule has 1 heterocycles.